The number of benzene rings is 1. The van der Waals surface area contributed by atoms with Gasteiger partial charge in [-0.25, -0.2) is 4.98 Å². The first-order valence-electron chi connectivity index (χ1n) is 7.11. The van der Waals surface area contributed by atoms with Crippen molar-refractivity contribution < 1.29 is 14.0 Å². The van der Waals surface area contributed by atoms with Crippen LogP contribution in [0.25, 0.3) is 11.1 Å². The normalized spacial score (nSPS) is 18.5. The van der Waals surface area contributed by atoms with E-state index in [-0.39, 0.29) is 17.7 Å². The van der Waals surface area contributed by atoms with E-state index < -0.39 is 0 Å². The van der Waals surface area contributed by atoms with Gasteiger partial charge < -0.3 is 15.1 Å². The Hall–Kier alpha value is -2.37. The van der Waals surface area contributed by atoms with Crippen molar-refractivity contribution in [3.05, 3.63) is 30.2 Å². The van der Waals surface area contributed by atoms with E-state index in [1.165, 1.54) is 0 Å². The third-order valence-corrected chi connectivity index (χ3v) is 3.61. The SMILES string of the molecule is O=C1CC[C@@H](C(=O)NCCc2nc3ccccc3o2)CN1. The molecule has 2 amide bonds. The molecule has 6 heteroatoms. The zero-order valence-corrected chi connectivity index (χ0v) is 11.6. The molecule has 0 unspecified atom stereocenters. The molecule has 2 aromatic rings. The van der Waals surface area contributed by atoms with Crippen LogP contribution in [-0.4, -0.2) is 29.9 Å². The molecule has 1 fully saturated rings. The minimum atomic E-state index is -0.133. The fourth-order valence-electron chi connectivity index (χ4n) is 2.42. The largest absolute Gasteiger partial charge is 0.441 e. The number of fused-ring (bicyclic) bond motifs is 1. The maximum absolute atomic E-state index is 12.0. The number of carbonyl (C=O) groups excluding carboxylic acids is 2. The molecule has 1 aliphatic heterocycles. The van der Waals surface area contributed by atoms with Crippen molar-refractivity contribution in [3.63, 3.8) is 0 Å². The summed E-state index contributed by atoms with van der Waals surface area (Å²) in [5, 5.41) is 5.58. The van der Waals surface area contributed by atoms with E-state index in [1.54, 1.807) is 0 Å². The van der Waals surface area contributed by atoms with Gasteiger partial charge in [-0.15, -0.1) is 0 Å². The van der Waals surface area contributed by atoms with Crippen molar-refractivity contribution in [1.82, 2.24) is 15.6 Å². The van der Waals surface area contributed by atoms with E-state index in [4.69, 9.17) is 4.42 Å². The van der Waals surface area contributed by atoms with Crippen LogP contribution in [0.4, 0.5) is 0 Å². The molecule has 2 N–H and O–H groups in total. The van der Waals surface area contributed by atoms with Gasteiger partial charge in [0.25, 0.3) is 0 Å². The van der Waals surface area contributed by atoms with Crippen LogP contribution in [0.1, 0.15) is 18.7 Å². The van der Waals surface area contributed by atoms with Crippen molar-refractivity contribution >= 4 is 22.9 Å². The highest BCUT2D eigenvalue weighted by atomic mass is 16.3. The molecule has 21 heavy (non-hydrogen) atoms. The monoisotopic (exact) mass is 287 g/mol. The topological polar surface area (TPSA) is 84.2 Å². The van der Waals surface area contributed by atoms with Crippen LogP contribution in [0.3, 0.4) is 0 Å². The quantitative estimate of drug-likeness (QED) is 0.879. The highest BCUT2D eigenvalue weighted by Crippen LogP contribution is 2.15. The molecular formula is C15H17N3O3. The summed E-state index contributed by atoms with van der Waals surface area (Å²) in [6.07, 6.45) is 1.59. The summed E-state index contributed by atoms with van der Waals surface area (Å²) in [5.41, 5.74) is 1.59. The molecular weight excluding hydrogens is 270 g/mol. The molecule has 0 bridgehead atoms. The van der Waals surface area contributed by atoms with Gasteiger partial charge in [-0.05, 0) is 18.6 Å². The zero-order chi connectivity index (χ0) is 14.7. The maximum Gasteiger partial charge on any atom is 0.224 e. The van der Waals surface area contributed by atoms with Crippen molar-refractivity contribution in [3.8, 4) is 0 Å². The number of rotatable bonds is 4. The Kier molecular flexibility index (Phi) is 3.85. The van der Waals surface area contributed by atoms with Gasteiger partial charge in [0.1, 0.15) is 5.52 Å². The molecule has 2 heterocycles. The summed E-state index contributed by atoms with van der Waals surface area (Å²) < 4.78 is 5.59. The number of hydrogen-bond acceptors (Lipinski definition) is 4. The second-order valence-electron chi connectivity index (χ2n) is 5.16. The number of nitrogens with one attached hydrogen (secondary N) is 2. The first-order valence-corrected chi connectivity index (χ1v) is 7.11. The van der Waals surface area contributed by atoms with E-state index in [2.05, 4.69) is 15.6 Å². The van der Waals surface area contributed by atoms with Crippen molar-refractivity contribution in [1.29, 1.82) is 0 Å². The molecule has 0 saturated carbocycles. The van der Waals surface area contributed by atoms with Crippen LogP contribution < -0.4 is 10.6 Å². The van der Waals surface area contributed by atoms with Gasteiger partial charge in [-0.2, -0.15) is 0 Å². The lowest BCUT2D eigenvalue weighted by molar-refractivity contribution is -0.128. The summed E-state index contributed by atoms with van der Waals surface area (Å²) in [4.78, 5) is 27.4. The number of oxazole rings is 1. The number of para-hydroxylation sites is 2. The lowest BCUT2D eigenvalue weighted by atomic mass is 9.98. The molecule has 1 aliphatic rings. The van der Waals surface area contributed by atoms with Crippen LogP contribution >= 0.6 is 0 Å². The third kappa shape index (κ3) is 3.21. The molecule has 1 aromatic carbocycles. The number of piperidine rings is 1. The van der Waals surface area contributed by atoms with Gasteiger partial charge in [0, 0.05) is 25.9 Å². The number of aromatic nitrogens is 1. The predicted octanol–water partition coefficient (Wildman–Crippen LogP) is 1.01. The van der Waals surface area contributed by atoms with Crippen molar-refractivity contribution in [2.45, 2.75) is 19.3 Å². The summed E-state index contributed by atoms with van der Waals surface area (Å²) >= 11 is 0. The van der Waals surface area contributed by atoms with Gasteiger partial charge in [-0.3, -0.25) is 9.59 Å². The molecule has 110 valence electrons. The summed E-state index contributed by atoms with van der Waals surface area (Å²) in [5.74, 6) is 0.483. The molecule has 1 atom stereocenters. The molecule has 0 aliphatic carbocycles. The predicted molar refractivity (Wildman–Crippen MR) is 76.5 cm³/mol. The summed E-state index contributed by atoms with van der Waals surface area (Å²) in [7, 11) is 0. The molecule has 1 saturated heterocycles. The highest BCUT2D eigenvalue weighted by Gasteiger charge is 2.24. The van der Waals surface area contributed by atoms with Gasteiger partial charge in [0.2, 0.25) is 11.8 Å². The molecule has 3 rings (SSSR count). The van der Waals surface area contributed by atoms with Gasteiger partial charge in [0.15, 0.2) is 11.5 Å². The Bertz CT molecular complexity index is 622. The average Bonchev–Trinajstić information content (AvgIpc) is 2.90. The van der Waals surface area contributed by atoms with Crippen LogP contribution in [0.15, 0.2) is 28.7 Å². The first-order chi connectivity index (χ1) is 10.2. The fraction of sp³-hybridized carbons (Fsp3) is 0.400. The van der Waals surface area contributed by atoms with Gasteiger partial charge in [-0.1, -0.05) is 12.1 Å². The number of carbonyl (C=O) groups is 2. The second kappa shape index (κ2) is 5.95. The van der Waals surface area contributed by atoms with Gasteiger partial charge >= 0.3 is 0 Å². The smallest absolute Gasteiger partial charge is 0.224 e. The number of amides is 2. The molecule has 0 spiro atoms. The Morgan fingerprint density at radius 2 is 2.29 bits per heavy atom. The minimum Gasteiger partial charge on any atom is -0.441 e. The number of hydrogen-bond donors (Lipinski definition) is 2. The average molecular weight is 287 g/mol. The van der Waals surface area contributed by atoms with Crippen molar-refractivity contribution in [2.24, 2.45) is 5.92 Å². The molecule has 1 aromatic heterocycles. The maximum atomic E-state index is 12.0. The second-order valence-corrected chi connectivity index (χ2v) is 5.16. The lowest BCUT2D eigenvalue weighted by Gasteiger charge is -2.21. The van der Waals surface area contributed by atoms with Crippen LogP contribution in [0, 0.1) is 5.92 Å². The van der Waals surface area contributed by atoms with Gasteiger partial charge in [0.05, 0.1) is 5.92 Å². The summed E-state index contributed by atoms with van der Waals surface area (Å²) in [6.45, 7) is 0.906. The minimum absolute atomic E-state index is 0.0190. The number of nitrogens with zero attached hydrogens (tertiary/aromatic N) is 1. The molecule has 6 nitrogen and oxygen atoms in total. The van der Waals surface area contributed by atoms with Crippen LogP contribution in [-0.2, 0) is 16.0 Å². The lowest BCUT2D eigenvalue weighted by Crippen LogP contribution is -2.43. The van der Waals surface area contributed by atoms with Crippen LogP contribution in [0.2, 0.25) is 0 Å². The first kappa shape index (κ1) is 13.6. The van der Waals surface area contributed by atoms with E-state index in [9.17, 15) is 9.59 Å². The van der Waals surface area contributed by atoms with E-state index in [0.29, 0.717) is 38.2 Å². The molecule has 0 radical (unpaired) electrons. The highest BCUT2D eigenvalue weighted by molar-refractivity contribution is 5.83. The standard InChI is InChI=1S/C15H17N3O3/c19-13-6-5-10(9-17-13)15(20)16-8-7-14-18-11-3-1-2-4-12(11)21-14/h1-4,10H,5-9H2,(H,16,20)(H,17,19)/t10-/m1/s1. The third-order valence-electron chi connectivity index (χ3n) is 3.61. The summed E-state index contributed by atoms with van der Waals surface area (Å²) in [6, 6.07) is 7.57. The van der Waals surface area contributed by atoms with Crippen molar-refractivity contribution in [2.75, 3.05) is 13.1 Å². The Labute approximate surface area is 121 Å². The fourth-order valence-corrected chi connectivity index (χ4v) is 2.42. The van der Waals surface area contributed by atoms with E-state index >= 15 is 0 Å². The zero-order valence-electron chi connectivity index (χ0n) is 11.6. The van der Waals surface area contributed by atoms with E-state index in [1.807, 2.05) is 24.3 Å². The van der Waals surface area contributed by atoms with Crippen LogP contribution in [0.5, 0.6) is 0 Å². The Morgan fingerprint density at radius 1 is 1.43 bits per heavy atom. The Balaban J connectivity index is 1.49. The van der Waals surface area contributed by atoms with E-state index in [0.717, 1.165) is 11.1 Å². The Morgan fingerprint density at radius 3 is 3.05 bits per heavy atom.